The summed E-state index contributed by atoms with van der Waals surface area (Å²) in [5, 5.41) is 7.35. The number of carbonyl (C=O) groups is 3. The molecule has 3 heterocycles. The van der Waals surface area contributed by atoms with Crippen molar-refractivity contribution in [3.63, 3.8) is 0 Å². The fourth-order valence-corrected chi connectivity index (χ4v) is 4.58. The highest BCUT2D eigenvalue weighted by Crippen LogP contribution is 2.33. The molecule has 1 unspecified atom stereocenters. The van der Waals surface area contributed by atoms with Crippen molar-refractivity contribution in [3.05, 3.63) is 35.5 Å². The summed E-state index contributed by atoms with van der Waals surface area (Å²) in [5.74, 6) is -1.44. The van der Waals surface area contributed by atoms with Crippen LogP contribution < -0.4 is 5.32 Å². The van der Waals surface area contributed by atoms with Crippen molar-refractivity contribution >= 4 is 29.6 Å². The van der Waals surface area contributed by atoms with Crippen LogP contribution in [-0.2, 0) is 9.59 Å². The number of hydrogen-bond donors (Lipinski definition) is 1. The van der Waals surface area contributed by atoms with Gasteiger partial charge in [0.15, 0.2) is 0 Å². The smallest absolute Gasteiger partial charge is 0.332 e. The van der Waals surface area contributed by atoms with Crippen molar-refractivity contribution in [1.82, 2.24) is 19.6 Å². The zero-order valence-electron chi connectivity index (χ0n) is 19.5. The molecule has 1 aromatic heterocycles. The first-order valence-electron chi connectivity index (χ1n) is 11.1. The molecule has 2 aliphatic heterocycles. The third-order valence-corrected chi connectivity index (χ3v) is 6.02. The number of carbonyl (C=O) groups excluding carboxylic acids is 3. The van der Waals surface area contributed by atoms with E-state index in [2.05, 4.69) is 15.4 Å². The second-order valence-corrected chi connectivity index (χ2v) is 8.72. The molecule has 2 atom stereocenters. The lowest BCUT2D eigenvalue weighted by Gasteiger charge is -2.35. The van der Waals surface area contributed by atoms with E-state index in [0.717, 1.165) is 10.5 Å². The Morgan fingerprint density at radius 3 is 2.69 bits per heavy atom. The van der Waals surface area contributed by atoms with Crippen LogP contribution in [0.15, 0.2) is 29.3 Å². The maximum atomic E-state index is 13.3. The standard InChI is InChI=1S/C23H25F3N6O3/c1-13-11-31(19-6-7-30(21(19)34)12-23(24,25)26)22(35)20-9-18(29-32(13)20)16-5-4-15(10-27-3)8-17(16)28-14(2)33/h4-5,8-10,13,19H,6-7,11-12H2,1-3H3,(H,28,33)/t13-,19?/m0/s1. The van der Waals surface area contributed by atoms with Gasteiger partial charge in [-0.2, -0.15) is 18.3 Å². The molecule has 186 valence electrons. The first-order chi connectivity index (χ1) is 16.5. The highest BCUT2D eigenvalue weighted by molar-refractivity contribution is 6.00. The van der Waals surface area contributed by atoms with Crippen molar-refractivity contribution in [3.8, 4) is 11.3 Å². The average molecular weight is 490 g/mol. The SMILES string of the molecule is CN=Cc1ccc(-c2cc3n(n2)[C@@H](C)CN(C2CCN(CC(F)(F)F)C2=O)C3=O)c(NC(C)=O)c1. The molecule has 1 saturated heterocycles. The molecule has 2 aliphatic rings. The van der Waals surface area contributed by atoms with Crippen molar-refractivity contribution in [2.24, 2.45) is 4.99 Å². The van der Waals surface area contributed by atoms with E-state index in [1.807, 2.05) is 6.92 Å². The van der Waals surface area contributed by atoms with Gasteiger partial charge in [-0.25, -0.2) is 0 Å². The number of nitrogens with one attached hydrogen (secondary N) is 1. The summed E-state index contributed by atoms with van der Waals surface area (Å²) < 4.78 is 40.0. The van der Waals surface area contributed by atoms with Crippen LogP contribution in [0.5, 0.6) is 0 Å². The molecule has 0 radical (unpaired) electrons. The highest BCUT2D eigenvalue weighted by Gasteiger charge is 2.45. The van der Waals surface area contributed by atoms with Gasteiger partial charge in [-0.15, -0.1) is 0 Å². The Labute approximate surface area is 199 Å². The summed E-state index contributed by atoms with van der Waals surface area (Å²) in [6.45, 7) is 1.97. The van der Waals surface area contributed by atoms with Gasteiger partial charge < -0.3 is 15.1 Å². The molecule has 3 amide bonds. The Kier molecular flexibility index (Phi) is 6.39. The maximum Gasteiger partial charge on any atom is 0.406 e. The Bertz CT molecular complexity index is 1210. The number of likely N-dealkylation sites (tertiary alicyclic amines) is 1. The number of halogens is 3. The summed E-state index contributed by atoms with van der Waals surface area (Å²) in [6, 6.07) is 5.63. The number of aromatic nitrogens is 2. The van der Waals surface area contributed by atoms with Gasteiger partial charge in [0, 0.05) is 38.8 Å². The molecule has 1 N–H and O–H groups in total. The first-order valence-corrected chi connectivity index (χ1v) is 11.1. The number of fused-ring (bicyclic) bond motifs is 1. The maximum absolute atomic E-state index is 13.3. The molecule has 2 aromatic rings. The van der Waals surface area contributed by atoms with Crippen LogP contribution in [0.2, 0.25) is 0 Å². The van der Waals surface area contributed by atoms with Crippen molar-refractivity contribution < 1.29 is 27.6 Å². The van der Waals surface area contributed by atoms with Gasteiger partial charge >= 0.3 is 6.18 Å². The predicted octanol–water partition coefficient (Wildman–Crippen LogP) is 2.74. The molecule has 1 aromatic carbocycles. The quantitative estimate of drug-likeness (QED) is 0.652. The van der Waals surface area contributed by atoms with Crippen LogP contribution in [0.1, 0.15) is 42.4 Å². The molecule has 0 bridgehead atoms. The third kappa shape index (κ3) is 4.91. The van der Waals surface area contributed by atoms with E-state index in [4.69, 9.17) is 0 Å². The van der Waals surface area contributed by atoms with Crippen molar-refractivity contribution in [2.45, 2.75) is 38.5 Å². The minimum atomic E-state index is -4.50. The van der Waals surface area contributed by atoms with Gasteiger partial charge in [0.05, 0.1) is 17.4 Å². The second-order valence-electron chi connectivity index (χ2n) is 8.72. The van der Waals surface area contributed by atoms with E-state index in [-0.39, 0.29) is 37.2 Å². The van der Waals surface area contributed by atoms with Gasteiger partial charge in [-0.05, 0) is 37.1 Å². The van der Waals surface area contributed by atoms with Gasteiger partial charge in [0.25, 0.3) is 5.91 Å². The molecule has 0 aliphatic carbocycles. The lowest BCUT2D eigenvalue weighted by Crippen LogP contribution is -2.51. The van der Waals surface area contributed by atoms with Crippen molar-refractivity contribution in [1.29, 1.82) is 0 Å². The minimum Gasteiger partial charge on any atom is -0.332 e. The molecule has 1 fully saturated rings. The third-order valence-electron chi connectivity index (χ3n) is 6.02. The molecular formula is C23H25F3N6O3. The Hall–Kier alpha value is -3.70. The fraction of sp³-hybridized carbons (Fsp3) is 0.435. The lowest BCUT2D eigenvalue weighted by molar-refractivity contribution is -0.158. The van der Waals surface area contributed by atoms with Crippen LogP contribution in [-0.4, -0.2) is 82.4 Å². The van der Waals surface area contributed by atoms with E-state index in [1.165, 1.54) is 11.8 Å². The number of aliphatic imine (C=N–C) groups is 1. The van der Waals surface area contributed by atoms with E-state index < -0.39 is 30.6 Å². The molecule has 4 rings (SSSR count). The molecule has 12 heteroatoms. The van der Waals surface area contributed by atoms with Crippen LogP contribution >= 0.6 is 0 Å². The fourth-order valence-electron chi connectivity index (χ4n) is 4.58. The zero-order chi connectivity index (χ0) is 25.5. The molecule has 0 spiro atoms. The predicted molar refractivity (Wildman–Crippen MR) is 122 cm³/mol. The number of hydrogen-bond acceptors (Lipinski definition) is 5. The van der Waals surface area contributed by atoms with Gasteiger partial charge in [-0.1, -0.05) is 6.07 Å². The number of amides is 3. The number of nitrogens with zero attached hydrogens (tertiary/aromatic N) is 5. The summed E-state index contributed by atoms with van der Waals surface area (Å²) >= 11 is 0. The van der Waals surface area contributed by atoms with Gasteiger partial charge in [0.1, 0.15) is 18.3 Å². The normalized spacial score (nSPS) is 20.6. The van der Waals surface area contributed by atoms with Crippen LogP contribution in [0.3, 0.4) is 0 Å². The molecule has 9 nitrogen and oxygen atoms in total. The van der Waals surface area contributed by atoms with E-state index >= 15 is 0 Å². The van der Waals surface area contributed by atoms with E-state index in [1.54, 1.807) is 42.2 Å². The Morgan fingerprint density at radius 2 is 2.03 bits per heavy atom. The zero-order valence-corrected chi connectivity index (χ0v) is 19.5. The van der Waals surface area contributed by atoms with Gasteiger partial charge in [-0.3, -0.25) is 24.1 Å². The second kappa shape index (κ2) is 9.16. The topological polar surface area (TPSA) is 99.9 Å². The van der Waals surface area contributed by atoms with Crippen molar-refractivity contribution in [2.75, 3.05) is 32.0 Å². The Morgan fingerprint density at radius 1 is 1.29 bits per heavy atom. The van der Waals surface area contributed by atoms with E-state index in [9.17, 15) is 27.6 Å². The van der Waals surface area contributed by atoms with Crippen LogP contribution in [0.4, 0.5) is 18.9 Å². The molecule has 0 saturated carbocycles. The first kappa shape index (κ1) is 24.4. The molecule has 35 heavy (non-hydrogen) atoms. The largest absolute Gasteiger partial charge is 0.406 e. The average Bonchev–Trinajstić information content (AvgIpc) is 3.35. The summed E-state index contributed by atoms with van der Waals surface area (Å²) in [7, 11) is 1.63. The summed E-state index contributed by atoms with van der Waals surface area (Å²) in [5.41, 5.74) is 2.53. The van der Waals surface area contributed by atoms with Crippen LogP contribution in [0.25, 0.3) is 11.3 Å². The lowest BCUT2D eigenvalue weighted by atomic mass is 10.1. The van der Waals surface area contributed by atoms with E-state index in [0.29, 0.717) is 16.9 Å². The minimum absolute atomic E-state index is 0.0564. The highest BCUT2D eigenvalue weighted by atomic mass is 19.4. The molecular weight excluding hydrogens is 465 g/mol. The van der Waals surface area contributed by atoms with Crippen LogP contribution in [0, 0.1) is 0 Å². The number of anilines is 1. The number of benzene rings is 1. The number of rotatable bonds is 5. The monoisotopic (exact) mass is 490 g/mol. The summed E-state index contributed by atoms with van der Waals surface area (Å²) in [4.78, 5) is 43.8. The summed E-state index contributed by atoms with van der Waals surface area (Å²) in [6.07, 6.45) is -2.72. The Balaban J connectivity index is 1.65. The van der Waals surface area contributed by atoms with Gasteiger partial charge in [0.2, 0.25) is 11.8 Å². The number of alkyl halides is 3.